The summed E-state index contributed by atoms with van der Waals surface area (Å²) in [6, 6.07) is 11.7. The van der Waals surface area contributed by atoms with E-state index in [1.54, 1.807) is 13.0 Å². The summed E-state index contributed by atoms with van der Waals surface area (Å²) < 4.78 is 5.14. The van der Waals surface area contributed by atoms with Crippen LogP contribution in [0.4, 0.5) is 5.13 Å². The van der Waals surface area contributed by atoms with E-state index in [-0.39, 0.29) is 5.91 Å². The van der Waals surface area contributed by atoms with E-state index in [4.69, 9.17) is 4.42 Å². The van der Waals surface area contributed by atoms with E-state index >= 15 is 0 Å². The Morgan fingerprint density at radius 1 is 1.19 bits per heavy atom. The van der Waals surface area contributed by atoms with Gasteiger partial charge in [-0.3, -0.25) is 10.1 Å². The number of carbonyl (C=O) groups is 1. The minimum absolute atomic E-state index is 0.199. The molecule has 3 rings (SSSR count). The predicted molar refractivity (Wildman–Crippen MR) is 83.7 cm³/mol. The largest absolute Gasteiger partial charge is 0.469 e. The van der Waals surface area contributed by atoms with Crippen molar-refractivity contribution >= 4 is 22.4 Å². The SMILES string of the molecule is Cc1nc(NC(=O)c2ccoc2C)sc1-c1ccccc1. The molecule has 1 aromatic carbocycles. The Bertz CT molecular complexity index is 775. The van der Waals surface area contributed by atoms with E-state index in [1.165, 1.54) is 17.6 Å². The number of nitrogens with zero attached hydrogens (tertiary/aromatic N) is 1. The number of carbonyl (C=O) groups excluding carboxylic acids is 1. The third-order valence-corrected chi connectivity index (χ3v) is 4.28. The van der Waals surface area contributed by atoms with Crippen molar-refractivity contribution in [2.75, 3.05) is 5.32 Å². The Morgan fingerprint density at radius 3 is 2.62 bits per heavy atom. The van der Waals surface area contributed by atoms with Crippen LogP contribution in [0.25, 0.3) is 10.4 Å². The van der Waals surface area contributed by atoms with E-state index < -0.39 is 0 Å². The fourth-order valence-corrected chi connectivity index (χ4v) is 3.06. The number of benzene rings is 1. The molecule has 1 amide bonds. The Kier molecular flexibility index (Phi) is 3.58. The summed E-state index contributed by atoms with van der Waals surface area (Å²) in [7, 11) is 0. The summed E-state index contributed by atoms with van der Waals surface area (Å²) in [6.07, 6.45) is 1.51. The lowest BCUT2D eigenvalue weighted by Crippen LogP contribution is -2.11. The zero-order valence-electron chi connectivity index (χ0n) is 11.7. The number of anilines is 1. The molecule has 0 radical (unpaired) electrons. The lowest BCUT2D eigenvalue weighted by molar-refractivity contribution is 0.102. The molecule has 0 unspecified atom stereocenters. The Labute approximate surface area is 126 Å². The summed E-state index contributed by atoms with van der Waals surface area (Å²) in [5.74, 6) is 0.402. The van der Waals surface area contributed by atoms with Gasteiger partial charge in [-0.1, -0.05) is 41.7 Å². The maximum absolute atomic E-state index is 12.1. The van der Waals surface area contributed by atoms with Crippen LogP contribution in [-0.4, -0.2) is 10.9 Å². The molecule has 3 aromatic rings. The molecule has 106 valence electrons. The molecule has 2 heterocycles. The Hall–Kier alpha value is -2.40. The molecule has 2 aromatic heterocycles. The quantitative estimate of drug-likeness (QED) is 0.785. The number of rotatable bonds is 3. The number of thiazole rings is 1. The van der Waals surface area contributed by atoms with Crippen LogP contribution in [0.2, 0.25) is 0 Å². The van der Waals surface area contributed by atoms with Gasteiger partial charge in [0, 0.05) is 0 Å². The number of nitrogens with one attached hydrogen (secondary N) is 1. The van der Waals surface area contributed by atoms with Crippen LogP contribution in [0.15, 0.2) is 47.1 Å². The second-order valence-electron chi connectivity index (χ2n) is 4.64. The summed E-state index contributed by atoms with van der Waals surface area (Å²) in [6.45, 7) is 3.70. The van der Waals surface area contributed by atoms with E-state index in [0.29, 0.717) is 16.5 Å². The van der Waals surface area contributed by atoms with Gasteiger partial charge in [0.15, 0.2) is 5.13 Å². The highest BCUT2D eigenvalue weighted by Gasteiger charge is 2.15. The number of furan rings is 1. The first-order valence-corrected chi connectivity index (χ1v) is 7.35. The summed E-state index contributed by atoms with van der Waals surface area (Å²) in [4.78, 5) is 17.6. The van der Waals surface area contributed by atoms with Crippen LogP contribution >= 0.6 is 11.3 Å². The maximum atomic E-state index is 12.1. The van der Waals surface area contributed by atoms with Crippen LogP contribution in [0.3, 0.4) is 0 Å². The first-order chi connectivity index (χ1) is 10.1. The second-order valence-corrected chi connectivity index (χ2v) is 5.64. The molecule has 0 saturated carbocycles. The highest BCUT2D eigenvalue weighted by atomic mass is 32.1. The highest BCUT2D eigenvalue weighted by Crippen LogP contribution is 2.32. The van der Waals surface area contributed by atoms with Crippen LogP contribution in [0.5, 0.6) is 0 Å². The van der Waals surface area contributed by atoms with E-state index in [0.717, 1.165) is 16.1 Å². The van der Waals surface area contributed by atoms with E-state index in [2.05, 4.69) is 10.3 Å². The molecule has 0 atom stereocenters. The summed E-state index contributed by atoms with van der Waals surface area (Å²) in [5.41, 5.74) is 2.54. The minimum atomic E-state index is -0.199. The molecule has 0 bridgehead atoms. The van der Waals surface area contributed by atoms with Crippen LogP contribution in [-0.2, 0) is 0 Å². The maximum Gasteiger partial charge on any atom is 0.260 e. The van der Waals surface area contributed by atoms with Crippen molar-refractivity contribution in [3.05, 3.63) is 59.7 Å². The molecule has 21 heavy (non-hydrogen) atoms. The van der Waals surface area contributed by atoms with E-state index in [9.17, 15) is 4.79 Å². The van der Waals surface area contributed by atoms with Crippen molar-refractivity contribution in [3.8, 4) is 10.4 Å². The molecule has 0 saturated heterocycles. The van der Waals surface area contributed by atoms with Gasteiger partial charge < -0.3 is 4.42 Å². The third-order valence-electron chi connectivity index (χ3n) is 3.16. The normalized spacial score (nSPS) is 10.6. The minimum Gasteiger partial charge on any atom is -0.469 e. The fourth-order valence-electron chi connectivity index (χ4n) is 2.09. The Balaban J connectivity index is 1.85. The van der Waals surface area contributed by atoms with Crippen molar-refractivity contribution in [1.29, 1.82) is 0 Å². The number of amides is 1. The molecule has 0 aliphatic carbocycles. The standard InChI is InChI=1S/C16H14N2O2S/c1-10-14(12-6-4-3-5-7-12)21-16(17-10)18-15(19)13-8-9-20-11(13)2/h3-9H,1-2H3,(H,17,18,19). The smallest absolute Gasteiger partial charge is 0.260 e. The second kappa shape index (κ2) is 5.54. The average molecular weight is 298 g/mol. The first kappa shape index (κ1) is 13.6. The molecule has 5 heteroatoms. The molecular weight excluding hydrogens is 284 g/mol. The molecule has 1 N–H and O–H groups in total. The van der Waals surface area contributed by atoms with E-state index in [1.807, 2.05) is 37.3 Å². The highest BCUT2D eigenvalue weighted by molar-refractivity contribution is 7.19. The van der Waals surface area contributed by atoms with Crippen molar-refractivity contribution in [2.45, 2.75) is 13.8 Å². The predicted octanol–water partition coefficient (Wildman–Crippen LogP) is 4.27. The average Bonchev–Trinajstić information content (AvgIpc) is 3.06. The first-order valence-electron chi connectivity index (χ1n) is 6.53. The summed E-state index contributed by atoms with van der Waals surface area (Å²) >= 11 is 1.47. The van der Waals surface area contributed by atoms with Gasteiger partial charge >= 0.3 is 0 Å². The van der Waals surface area contributed by atoms with Crippen molar-refractivity contribution in [3.63, 3.8) is 0 Å². The number of hydrogen-bond donors (Lipinski definition) is 1. The van der Waals surface area contributed by atoms with Gasteiger partial charge in [0.2, 0.25) is 0 Å². The van der Waals surface area contributed by atoms with Crippen molar-refractivity contribution in [1.82, 2.24) is 4.98 Å². The number of aryl methyl sites for hydroxylation is 2. The third kappa shape index (κ3) is 2.73. The van der Waals surface area contributed by atoms with Gasteiger partial charge in [-0.2, -0.15) is 0 Å². The molecule has 0 spiro atoms. The van der Waals surface area contributed by atoms with Gasteiger partial charge in [0.1, 0.15) is 5.76 Å². The van der Waals surface area contributed by atoms with Crippen LogP contribution < -0.4 is 5.32 Å². The van der Waals surface area contributed by atoms with Crippen LogP contribution in [0.1, 0.15) is 21.8 Å². The zero-order chi connectivity index (χ0) is 14.8. The lowest BCUT2D eigenvalue weighted by Gasteiger charge is -1.99. The molecular formula is C16H14N2O2S. The summed E-state index contributed by atoms with van der Waals surface area (Å²) in [5, 5.41) is 3.42. The van der Waals surface area contributed by atoms with Gasteiger partial charge in [-0.15, -0.1) is 0 Å². The lowest BCUT2D eigenvalue weighted by atomic mass is 10.2. The van der Waals surface area contributed by atoms with Crippen molar-refractivity contribution in [2.24, 2.45) is 0 Å². The molecule has 0 aliphatic rings. The monoisotopic (exact) mass is 298 g/mol. The van der Waals surface area contributed by atoms with Gasteiger partial charge in [0.05, 0.1) is 22.4 Å². The topological polar surface area (TPSA) is 55.1 Å². The molecule has 0 aliphatic heterocycles. The van der Waals surface area contributed by atoms with Gasteiger partial charge in [-0.25, -0.2) is 4.98 Å². The van der Waals surface area contributed by atoms with Gasteiger partial charge in [0.25, 0.3) is 5.91 Å². The van der Waals surface area contributed by atoms with Crippen molar-refractivity contribution < 1.29 is 9.21 Å². The zero-order valence-corrected chi connectivity index (χ0v) is 12.5. The fraction of sp³-hybridized carbons (Fsp3) is 0.125. The Morgan fingerprint density at radius 2 is 1.95 bits per heavy atom. The van der Waals surface area contributed by atoms with Crippen LogP contribution in [0, 0.1) is 13.8 Å². The number of aromatic nitrogens is 1. The van der Waals surface area contributed by atoms with Gasteiger partial charge in [-0.05, 0) is 25.5 Å². The number of hydrogen-bond acceptors (Lipinski definition) is 4. The molecule has 4 nitrogen and oxygen atoms in total. The molecule has 0 fully saturated rings.